The molecule has 0 spiro atoms. The number of hydrogen-bond acceptors (Lipinski definition) is 4. The van der Waals surface area contributed by atoms with Gasteiger partial charge >= 0.3 is 5.97 Å². The van der Waals surface area contributed by atoms with E-state index in [4.69, 9.17) is 16.7 Å². The van der Waals surface area contributed by atoms with Gasteiger partial charge in [0.1, 0.15) is 6.04 Å². The Labute approximate surface area is 128 Å². The van der Waals surface area contributed by atoms with E-state index >= 15 is 0 Å². The number of carbonyl (C=O) groups is 2. The van der Waals surface area contributed by atoms with Crippen molar-refractivity contribution in [3.63, 3.8) is 0 Å². The Morgan fingerprint density at radius 1 is 1.29 bits per heavy atom. The monoisotopic (exact) mass is 333 g/mol. The van der Waals surface area contributed by atoms with Gasteiger partial charge in [0, 0.05) is 11.8 Å². The second-order valence-electron chi connectivity index (χ2n) is 4.95. The summed E-state index contributed by atoms with van der Waals surface area (Å²) in [5.41, 5.74) is 0.0340. The van der Waals surface area contributed by atoms with Crippen molar-refractivity contribution in [2.24, 2.45) is 5.92 Å². The first kappa shape index (κ1) is 17.5. The van der Waals surface area contributed by atoms with Gasteiger partial charge in [-0.05, 0) is 24.1 Å². The van der Waals surface area contributed by atoms with Gasteiger partial charge in [0.2, 0.25) is 0 Å². The van der Waals surface area contributed by atoms with Gasteiger partial charge in [0.15, 0.2) is 9.84 Å². The lowest BCUT2D eigenvalue weighted by atomic mass is 10.0. The minimum absolute atomic E-state index is 0.00712. The summed E-state index contributed by atoms with van der Waals surface area (Å²) >= 11 is 5.79. The topological polar surface area (TPSA) is 101 Å². The summed E-state index contributed by atoms with van der Waals surface area (Å²) in [7, 11) is -3.58. The van der Waals surface area contributed by atoms with E-state index in [1.807, 2.05) is 0 Å². The fraction of sp³-hybridized carbons (Fsp3) is 0.385. The molecule has 0 heterocycles. The molecule has 0 fully saturated rings. The van der Waals surface area contributed by atoms with Crippen LogP contribution in [0.2, 0.25) is 5.02 Å². The molecular formula is C13H16ClNO5S. The molecule has 1 aromatic carbocycles. The number of carboxylic acid groups (broad SMARTS) is 1. The van der Waals surface area contributed by atoms with Crippen molar-refractivity contribution in [2.75, 3.05) is 6.26 Å². The Kier molecular flexibility index (Phi) is 5.36. The molecule has 21 heavy (non-hydrogen) atoms. The summed E-state index contributed by atoms with van der Waals surface area (Å²) in [6.07, 6.45) is 0.976. The van der Waals surface area contributed by atoms with E-state index in [0.29, 0.717) is 0 Å². The van der Waals surface area contributed by atoms with Gasteiger partial charge in [-0.25, -0.2) is 13.2 Å². The molecule has 0 aromatic heterocycles. The van der Waals surface area contributed by atoms with Crippen LogP contribution >= 0.6 is 11.6 Å². The SMILES string of the molecule is CC(C)[C@H](NC(=O)c1ccc(Cl)c(S(C)(=O)=O)c1)C(=O)O. The van der Waals surface area contributed by atoms with Crippen LogP contribution < -0.4 is 5.32 Å². The summed E-state index contributed by atoms with van der Waals surface area (Å²) < 4.78 is 23.1. The highest BCUT2D eigenvalue weighted by molar-refractivity contribution is 7.90. The van der Waals surface area contributed by atoms with Crippen molar-refractivity contribution < 1.29 is 23.1 Å². The largest absolute Gasteiger partial charge is 0.480 e. The van der Waals surface area contributed by atoms with Crippen LogP contribution in [-0.2, 0) is 14.6 Å². The normalized spacial score (nSPS) is 13.0. The maximum atomic E-state index is 12.0. The molecule has 0 saturated carbocycles. The number of amides is 1. The Morgan fingerprint density at radius 3 is 2.29 bits per heavy atom. The van der Waals surface area contributed by atoms with E-state index in [0.717, 1.165) is 12.3 Å². The number of nitrogens with one attached hydrogen (secondary N) is 1. The number of halogens is 1. The average Bonchev–Trinajstić information content (AvgIpc) is 2.33. The van der Waals surface area contributed by atoms with Crippen LogP contribution in [0.25, 0.3) is 0 Å². The molecule has 6 nitrogen and oxygen atoms in total. The Hall–Kier alpha value is -1.60. The van der Waals surface area contributed by atoms with E-state index in [2.05, 4.69) is 5.32 Å². The minimum atomic E-state index is -3.58. The van der Waals surface area contributed by atoms with Gasteiger partial charge in [0.25, 0.3) is 5.91 Å². The van der Waals surface area contributed by atoms with Gasteiger partial charge < -0.3 is 10.4 Å². The Morgan fingerprint density at radius 2 is 1.86 bits per heavy atom. The highest BCUT2D eigenvalue weighted by atomic mass is 35.5. The van der Waals surface area contributed by atoms with E-state index in [-0.39, 0.29) is 21.4 Å². The van der Waals surface area contributed by atoms with Crippen molar-refractivity contribution in [2.45, 2.75) is 24.8 Å². The third-order valence-electron chi connectivity index (χ3n) is 2.81. The molecule has 116 valence electrons. The molecule has 0 saturated heterocycles. The first-order chi connectivity index (χ1) is 9.54. The number of hydrogen-bond donors (Lipinski definition) is 2. The van der Waals surface area contributed by atoms with Crippen LogP contribution in [-0.4, -0.2) is 37.7 Å². The van der Waals surface area contributed by atoms with Crippen molar-refractivity contribution in [1.82, 2.24) is 5.32 Å². The van der Waals surface area contributed by atoms with Crippen LogP contribution in [0.3, 0.4) is 0 Å². The molecule has 8 heteroatoms. The number of carbonyl (C=O) groups excluding carboxylic acids is 1. The minimum Gasteiger partial charge on any atom is -0.480 e. The maximum absolute atomic E-state index is 12.0. The maximum Gasteiger partial charge on any atom is 0.326 e. The first-order valence-electron chi connectivity index (χ1n) is 6.07. The first-order valence-corrected chi connectivity index (χ1v) is 8.34. The quantitative estimate of drug-likeness (QED) is 0.852. The van der Waals surface area contributed by atoms with Crippen LogP contribution in [0, 0.1) is 5.92 Å². The standard InChI is InChI=1S/C13H16ClNO5S/c1-7(2)11(13(17)18)15-12(16)8-4-5-9(14)10(6-8)21(3,19)20/h4-7,11H,1-3H3,(H,15,16)(H,17,18)/t11-/m0/s1. The molecule has 1 rings (SSSR count). The van der Waals surface area contributed by atoms with Gasteiger partial charge in [-0.15, -0.1) is 0 Å². The predicted molar refractivity (Wildman–Crippen MR) is 78.3 cm³/mol. The number of benzene rings is 1. The van der Waals surface area contributed by atoms with Crippen molar-refractivity contribution >= 4 is 33.3 Å². The number of carboxylic acids is 1. The van der Waals surface area contributed by atoms with E-state index in [9.17, 15) is 18.0 Å². The summed E-state index contributed by atoms with van der Waals surface area (Å²) in [4.78, 5) is 22.9. The lowest BCUT2D eigenvalue weighted by Gasteiger charge is -2.18. The van der Waals surface area contributed by atoms with E-state index in [1.54, 1.807) is 13.8 Å². The Bertz CT molecular complexity index is 669. The third-order valence-corrected chi connectivity index (χ3v) is 4.39. The van der Waals surface area contributed by atoms with Crippen molar-refractivity contribution in [3.8, 4) is 0 Å². The van der Waals surface area contributed by atoms with Gasteiger partial charge in [0.05, 0.1) is 9.92 Å². The lowest BCUT2D eigenvalue weighted by molar-refractivity contribution is -0.140. The predicted octanol–water partition coefficient (Wildman–Crippen LogP) is 1.58. The molecule has 0 aliphatic heterocycles. The summed E-state index contributed by atoms with van der Waals surface area (Å²) in [5.74, 6) is -2.14. The molecule has 0 bridgehead atoms. The molecule has 1 atom stereocenters. The molecule has 0 aliphatic rings. The fourth-order valence-corrected chi connectivity index (χ4v) is 2.97. The van der Waals surface area contributed by atoms with Gasteiger partial charge in [-0.1, -0.05) is 25.4 Å². The molecule has 0 unspecified atom stereocenters. The highest BCUT2D eigenvalue weighted by Crippen LogP contribution is 2.22. The number of sulfone groups is 1. The van der Waals surface area contributed by atoms with Crippen LogP contribution in [0.5, 0.6) is 0 Å². The fourth-order valence-electron chi connectivity index (χ4n) is 1.67. The van der Waals surface area contributed by atoms with Gasteiger partial charge in [-0.2, -0.15) is 0 Å². The molecule has 0 aliphatic carbocycles. The van der Waals surface area contributed by atoms with Gasteiger partial charge in [-0.3, -0.25) is 4.79 Å². The van der Waals surface area contributed by atoms with E-state index < -0.39 is 27.8 Å². The summed E-state index contributed by atoms with van der Waals surface area (Å²) in [6.45, 7) is 3.31. The smallest absolute Gasteiger partial charge is 0.326 e. The average molecular weight is 334 g/mol. The third kappa shape index (κ3) is 4.44. The zero-order chi connectivity index (χ0) is 16.4. The zero-order valence-electron chi connectivity index (χ0n) is 11.8. The highest BCUT2D eigenvalue weighted by Gasteiger charge is 2.24. The number of aliphatic carboxylic acids is 1. The molecule has 2 N–H and O–H groups in total. The number of rotatable bonds is 5. The lowest BCUT2D eigenvalue weighted by Crippen LogP contribution is -2.44. The van der Waals surface area contributed by atoms with Crippen LogP contribution in [0.15, 0.2) is 23.1 Å². The van der Waals surface area contributed by atoms with Crippen molar-refractivity contribution in [3.05, 3.63) is 28.8 Å². The second-order valence-corrected chi connectivity index (χ2v) is 7.34. The molecule has 1 aromatic rings. The van der Waals surface area contributed by atoms with Crippen molar-refractivity contribution in [1.29, 1.82) is 0 Å². The molecular weight excluding hydrogens is 318 g/mol. The van der Waals surface area contributed by atoms with Crippen LogP contribution in [0.4, 0.5) is 0 Å². The summed E-state index contributed by atoms with van der Waals surface area (Å²) in [6, 6.07) is 2.70. The van der Waals surface area contributed by atoms with E-state index in [1.165, 1.54) is 12.1 Å². The Balaban J connectivity index is 3.12. The molecule has 1 amide bonds. The van der Waals surface area contributed by atoms with Crippen LogP contribution in [0.1, 0.15) is 24.2 Å². The molecule has 0 radical (unpaired) electrons. The zero-order valence-corrected chi connectivity index (χ0v) is 13.3. The second kappa shape index (κ2) is 6.44. The summed E-state index contributed by atoms with van der Waals surface area (Å²) in [5, 5.41) is 11.4.